The lowest BCUT2D eigenvalue weighted by molar-refractivity contribution is -0.873. The summed E-state index contributed by atoms with van der Waals surface area (Å²) in [6.07, 6.45) is 2.78. The predicted molar refractivity (Wildman–Crippen MR) is 64.1 cm³/mol. The van der Waals surface area contributed by atoms with Gasteiger partial charge in [-0.1, -0.05) is 19.8 Å². The molecular formula is C11H24NO4P. The molecule has 5 nitrogen and oxygen atoms in total. The Morgan fingerprint density at radius 3 is 2.41 bits per heavy atom. The summed E-state index contributed by atoms with van der Waals surface area (Å²) in [6.45, 7) is 2.71. The van der Waals surface area contributed by atoms with E-state index in [1.807, 2.05) is 21.1 Å². The second-order valence-corrected chi connectivity index (χ2v) is 7.31. The molecular weight excluding hydrogens is 241 g/mol. The van der Waals surface area contributed by atoms with Crippen molar-refractivity contribution in [3.63, 3.8) is 0 Å². The molecule has 0 aromatic heterocycles. The van der Waals surface area contributed by atoms with E-state index in [1.165, 1.54) is 0 Å². The number of quaternary nitrogens is 1. The van der Waals surface area contributed by atoms with Crippen LogP contribution in [0.5, 0.6) is 0 Å². The van der Waals surface area contributed by atoms with E-state index < -0.39 is 13.9 Å². The van der Waals surface area contributed by atoms with Crippen LogP contribution in [-0.2, 0) is 9.09 Å². The zero-order valence-electron chi connectivity index (χ0n) is 11.1. The van der Waals surface area contributed by atoms with Crippen molar-refractivity contribution in [1.29, 1.82) is 0 Å². The average molecular weight is 265 g/mol. The van der Waals surface area contributed by atoms with Crippen LogP contribution in [0, 0.1) is 11.8 Å². The van der Waals surface area contributed by atoms with Crippen molar-refractivity contribution < 1.29 is 23.4 Å². The molecule has 4 atom stereocenters. The van der Waals surface area contributed by atoms with Crippen LogP contribution in [0.1, 0.15) is 26.2 Å². The molecule has 1 saturated carbocycles. The molecule has 0 spiro atoms. The summed E-state index contributed by atoms with van der Waals surface area (Å²) in [5.41, 5.74) is 0. The van der Waals surface area contributed by atoms with Crippen molar-refractivity contribution in [2.24, 2.45) is 11.8 Å². The molecule has 1 aliphatic rings. The topological polar surface area (TPSA) is 69.6 Å². The Labute approximate surface area is 104 Å². The Bertz CT molecular complexity index is 296. The zero-order valence-corrected chi connectivity index (χ0v) is 12.0. The van der Waals surface area contributed by atoms with Crippen LogP contribution >= 0.6 is 7.82 Å². The van der Waals surface area contributed by atoms with Crippen molar-refractivity contribution in [2.75, 3.05) is 27.7 Å². The first-order valence-corrected chi connectivity index (χ1v) is 7.61. The van der Waals surface area contributed by atoms with E-state index in [0.717, 1.165) is 19.3 Å². The summed E-state index contributed by atoms with van der Waals surface area (Å²) >= 11 is 0. The van der Waals surface area contributed by atoms with Gasteiger partial charge in [-0.2, -0.15) is 0 Å². The molecule has 0 aromatic carbocycles. The van der Waals surface area contributed by atoms with Crippen molar-refractivity contribution >= 4 is 7.82 Å². The predicted octanol–water partition coefficient (Wildman–Crippen LogP) is 0.975. The molecule has 17 heavy (non-hydrogen) atoms. The maximum Gasteiger partial charge on any atom is 0.265 e. The van der Waals surface area contributed by atoms with Gasteiger partial charge in [0.15, 0.2) is 0 Å². The Kier molecular flexibility index (Phi) is 4.78. The fraction of sp³-hybridized carbons (Fsp3) is 1.00. The monoisotopic (exact) mass is 265 g/mol. The third-order valence-electron chi connectivity index (χ3n) is 3.40. The standard InChI is InChI=1S/C11H24NO4P/c1-9-6-5-7-10(9)11(8-12(2,3)4)16-17(13,14)15/h9-11H,5-8H2,1-4H3,(H-,13,14,15)/t9-,10-,11?/m1/s1. The third-order valence-corrected chi connectivity index (χ3v) is 3.94. The molecule has 0 aromatic rings. The summed E-state index contributed by atoms with van der Waals surface area (Å²) < 4.78 is 16.5. The summed E-state index contributed by atoms with van der Waals surface area (Å²) in [4.78, 5) is 19.8. The lowest BCUT2D eigenvalue weighted by Gasteiger charge is -2.35. The minimum Gasteiger partial charge on any atom is -0.756 e. The average Bonchev–Trinajstić information content (AvgIpc) is 2.44. The quantitative estimate of drug-likeness (QED) is 0.594. The van der Waals surface area contributed by atoms with E-state index in [1.54, 1.807) is 0 Å². The fourth-order valence-electron chi connectivity index (χ4n) is 2.68. The van der Waals surface area contributed by atoms with Gasteiger partial charge in [0, 0.05) is 0 Å². The van der Waals surface area contributed by atoms with Gasteiger partial charge in [-0.25, -0.2) is 0 Å². The van der Waals surface area contributed by atoms with Gasteiger partial charge in [-0.05, 0) is 18.3 Å². The summed E-state index contributed by atoms with van der Waals surface area (Å²) in [5.74, 6) is 0.680. The van der Waals surface area contributed by atoms with Crippen LogP contribution in [0.4, 0.5) is 0 Å². The lowest BCUT2D eigenvalue weighted by atomic mass is 9.92. The van der Waals surface area contributed by atoms with Gasteiger partial charge in [0.1, 0.15) is 12.6 Å². The van der Waals surface area contributed by atoms with Crippen LogP contribution in [0.2, 0.25) is 0 Å². The number of phosphoric acid groups is 1. The second-order valence-electron chi connectivity index (χ2n) is 6.16. The van der Waals surface area contributed by atoms with E-state index in [9.17, 15) is 9.46 Å². The Balaban J connectivity index is 2.75. The molecule has 2 unspecified atom stereocenters. The number of nitrogens with zero attached hydrogens (tertiary/aromatic N) is 1. The number of likely N-dealkylation sites (N-methyl/N-ethyl adjacent to an activating group) is 1. The van der Waals surface area contributed by atoms with E-state index in [0.29, 0.717) is 16.9 Å². The van der Waals surface area contributed by atoms with Crippen molar-refractivity contribution in [3.8, 4) is 0 Å². The first kappa shape index (κ1) is 15.1. The molecule has 0 aliphatic heterocycles. The molecule has 102 valence electrons. The molecule has 0 amide bonds. The molecule has 0 saturated heterocycles. The molecule has 1 aliphatic carbocycles. The maximum absolute atomic E-state index is 10.9. The highest BCUT2D eigenvalue weighted by Gasteiger charge is 2.36. The van der Waals surface area contributed by atoms with Gasteiger partial charge in [0.2, 0.25) is 0 Å². The SMILES string of the molecule is C[C@@H]1CCC[C@H]1C(C[N+](C)(C)C)OP(=O)([O-])O. The van der Waals surface area contributed by atoms with Gasteiger partial charge >= 0.3 is 0 Å². The van der Waals surface area contributed by atoms with Crippen LogP contribution in [0.15, 0.2) is 0 Å². The normalized spacial score (nSPS) is 31.2. The number of phosphoric ester groups is 1. The summed E-state index contributed by atoms with van der Waals surface area (Å²) in [5, 5.41) is 0. The van der Waals surface area contributed by atoms with E-state index >= 15 is 0 Å². The highest BCUT2D eigenvalue weighted by atomic mass is 31.2. The van der Waals surface area contributed by atoms with Crippen molar-refractivity contribution in [2.45, 2.75) is 32.3 Å². The number of rotatable bonds is 5. The summed E-state index contributed by atoms with van der Waals surface area (Å²) in [6, 6.07) is 0. The zero-order chi connectivity index (χ0) is 13.3. The molecule has 1 rings (SSSR count). The molecule has 6 heteroatoms. The number of hydrogen-bond acceptors (Lipinski definition) is 3. The highest BCUT2D eigenvalue weighted by Crippen LogP contribution is 2.41. The first-order valence-electron chi connectivity index (χ1n) is 6.11. The largest absolute Gasteiger partial charge is 0.756 e. The van der Waals surface area contributed by atoms with Gasteiger partial charge in [0.05, 0.1) is 21.1 Å². The minimum absolute atomic E-state index is 0.224. The molecule has 1 N–H and O–H groups in total. The Morgan fingerprint density at radius 1 is 1.47 bits per heavy atom. The number of hydrogen-bond donors (Lipinski definition) is 1. The van der Waals surface area contributed by atoms with Crippen molar-refractivity contribution in [1.82, 2.24) is 0 Å². The summed E-state index contributed by atoms with van der Waals surface area (Å²) in [7, 11) is 1.32. The van der Waals surface area contributed by atoms with Crippen LogP contribution in [0.3, 0.4) is 0 Å². The molecule has 1 fully saturated rings. The van der Waals surface area contributed by atoms with Crippen LogP contribution in [-0.4, -0.2) is 43.2 Å². The van der Waals surface area contributed by atoms with E-state index in [2.05, 4.69) is 6.92 Å². The third kappa shape index (κ3) is 5.49. The van der Waals surface area contributed by atoms with Gasteiger partial charge in [-0.3, -0.25) is 4.57 Å². The van der Waals surface area contributed by atoms with Gasteiger partial charge in [0.25, 0.3) is 7.82 Å². The second kappa shape index (κ2) is 5.37. The lowest BCUT2D eigenvalue weighted by Crippen LogP contribution is -2.45. The Hall–Kier alpha value is 0.0700. The van der Waals surface area contributed by atoms with Crippen molar-refractivity contribution in [3.05, 3.63) is 0 Å². The van der Waals surface area contributed by atoms with E-state index in [-0.39, 0.29) is 5.92 Å². The van der Waals surface area contributed by atoms with Gasteiger partial charge in [-0.15, -0.1) is 0 Å². The van der Waals surface area contributed by atoms with Gasteiger partial charge < -0.3 is 18.8 Å². The highest BCUT2D eigenvalue weighted by molar-refractivity contribution is 7.44. The smallest absolute Gasteiger partial charge is 0.265 e. The molecule has 0 heterocycles. The molecule has 0 radical (unpaired) electrons. The minimum atomic E-state index is -4.65. The molecule has 0 bridgehead atoms. The fourth-order valence-corrected chi connectivity index (χ4v) is 3.25. The maximum atomic E-state index is 10.9. The van der Waals surface area contributed by atoms with Crippen LogP contribution < -0.4 is 4.89 Å². The van der Waals surface area contributed by atoms with Crippen LogP contribution in [0.25, 0.3) is 0 Å². The Morgan fingerprint density at radius 2 is 2.06 bits per heavy atom. The van der Waals surface area contributed by atoms with E-state index in [4.69, 9.17) is 9.42 Å². The first-order chi connectivity index (χ1) is 7.58.